The Morgan fingerprint density at radius 3 is 2.65 bits per heavy atom. The van der Waals surface area contributed by atoms with Crippen LogP contribution in [0.25, 0.3) is 11.1 Å². The number of hydrogen-bond donors (Lipinski definition) is 1. The highest BCUT2D eigenvalue weighted by Crippen LogP contribution is 2.10. The molecule has 0 bridgehead atoms. The SMILES string of the molecule is O=c1[nH]c(F)ccc1-c1cccn(CCCCCl)c1=O. The molecule has 0 amide bonds. The van der Waals surface area contributed by atoms with E-state index < -0.39 is 11.5 Å². The van der Waals surface area contributed by atoms with Crippen molar-refractivity contribution in [3.8, 4) is 11.1 Å². The molecule has 0 radical (unpaired) electrons. The number of pyridine rings is 2. The molecule has 0 fully saturated rings. The lowest BCUT2D eigenvalue weighted by Gasteiger charge is -2.07. The van der Waals surface area contributed by atoms with Crippen molar-refractivity contribution in [2.24, 2.45) is 0 Å². The van der Waals surface area contributed by atoms with Crippen molar-refractivity contribution in [1.82, 2.24) is 9.55 Å². The Morgan fingerprint density at radius 2 is 1.95 bits per heavy atom. The van der Waals surface area contributed by atoms with E-state index in [4.69, 9.17) is 11.6 Å². The number of nitrogens with zero attached hydrogens (tertiary/aromatic N) is 1. The molecule has 0 saturated heterocycles. The first kappa shape index (κ1) is 14.5. The van der Waals surface area contributed by atoms with Gasteiger partial charge in [-0.15, -0.1) is 11.6 Å². The van der Waals surface area contributed by atoms with Crippen molar-refractivity contribution in [2.75, 3.05) is 5.88 Å². The van der Waals surface area contributed by atoms with Crippen LogP contribution in [0, 0.1) is 5.95 Å². The van der Waals surface area contributed by atoms with Gasteiger partial charge in [-0.05, 0) is 37.1 Å². The number of halogens is 2. The Labute approximate surface area is 119 Å². The third-order valence-electron chi connectivity index (χ3n) is 2.97. The third kappa shape index (κ3) is 3.17. The van der Waals surface area contributed by atoms with Gasteiger partial charge in [0.15, 0.2) is 5.95 Å². The quantitative estimate of drug-likeness (QED) is 0.523. The van der Waals surface area contributed by atoms with Crippen molar-refractivity contribution in [3.63, 3.8) is 0 Å². The van der Waals surface area contributed by atoms with Crippen LogP contribution in [0.2, 0.25) is 0 Å². The molecule has 0 aliphatic heterocycles. The molecule has 2 aromatic heterocycles. The second-order valence-electron chi connectivity index (χ2n) is 4.37. The summed E-state index contributed by atoms with van der Waals surface area (Å²) in [4.78, 5) is 26.0. The summed E-state index contributed by atoms with van der Waals surface area (Å²) in [6, 6.07) is 5.69. The average Bonchev–Trinajstić information content (AvgIpc) is 2.42. The van der Waals surface area contributed by atoms with Gasteiger partial charge in [0.1, 0.15) is 0 Å². The number of H-pyrrole nitrogens is 1. The zero-order valence-corrected chi connectivity index (χ0v) is 11.5. The predicted octanol–water partition coefficient (Wildman–Crippen LogP) is 2.36. The highest BCUT2D eigenvalue weighted by molar-refractivity contribution is 6.17. The number of aryl methyl sites for hydroxylation is 1. The fourth-order valence-corrected chi connectivity index (χ4v) is 2.15. The topological polar surface area (TPSA) is 54.9 Å². The van der Waals surface area contributed by atoms with Crippen molar-refractivity contribution in [1.29, 1.82) is 0 Å². The Hall–Kier alpha value is -1.88. The van der Waals surface area contributed by atoms with Crippen LogP contribution in [0.1, 0.15) is 12.8 Å². The van der Waals surface area contributed by atoms with Gasteiger partial charge in [-0.2, -0.15) is 4.39 Å². The molecule has 106 valence electrons. The van der Waals surface area contributed by atoms with Gasteiger partial charge < -0.3 is 4.57 Å². The predicted molar refractivity (Wildman–Crippen MR) is 76.7 cm³/mol. The number of aromatic nitrogens is 2. The normalized spacial score (nSPS) is 10.7. The van der Waals surface area contributed by atoms with E-state index in [9.17, 15) is 14.0 Å². The largest absolute Gasteiger partial charge is 0.315 e. The van der Waals surface area contributed by atoms with Crippen LogP contribution in [-0.4, -0.2) is 15.4 Å². The lowest BCUT2D eigenvalue weighted by atomic mass is 10.1. The van der Waals surface area contributed by atoms with Gasteiger partial charge in [-0.25, -0.2) is 0 Å². The van der Waals surface area contributed by atoms with E-state index in [0.29, 0.717) is 12.4 Å². The van der Waals surface area contributed by atoms with E-state index >= 15 is 0 Å². The highest BCUT2D eigenvalue weighted by Gasteiger charge is 2.10. The Morgan fingerprint density at radius 1 is 1.15 bits per heavy atom. The fraction of sp³-hybridized carbons (Fsp3) is 0.286. The van der Waals surface area contributed by atoms with Gasteiger partial charge in [-0.3, -0.25) is 14.6 Å². The summed E-state index contributed by atoms with van der Waals surface area (Å²) >= 11 is 5.60. The molecule has 0 saturated carbocycles. The highest BCUT2D eigenvalue weighted by atomic mass is 35.5. The first-order valence-electron chi connectivity index (χ1n) is 6.28. The summed E-state index contributed by atoms with van der Waals surface area (Å²) in [5.41, 5.74) is -0.442. The zero-order chi connectivity index (χ0) is 14.5. The Bertz CT molecular complexity index is 709. The Kier molecular flexibility index (Phi) is 4.74. The molecule has 0 atom stereocenters. The molecule has 6 heteroatoms. The lowest BCUT2D eigenvalue weighted by molar-refractivity contribution is 0.580. The molecule has 1 N–H and O–H groups in total. The zero-order valence-electron chi connectivity index (χ0n) is 10.7. The molecular formula is C14H14ClFN2O2. The average molecular weight is 297 g/mol. The molecule has 20 heavy (non-hydrogen) atoms. The van der Waals surface area contributed by atoms with Crippen LogP contribution >= 0.6 is 11.6 Å². The second-order valence-corrected chi connectivity index (χ2v) is 4.74. The smallest absolute Gasteiger partial charge is 0.258 e. The molecule has 0 aromatic carbocycles. The minimum Gasteiger partial charge on any atom is -0.315 e. The third-order valence-corrected chi connectivity index (χ3v) is 3.23. The second kappa shape index (κ2) is 6.52. The maximum absolute atomic E-state index is 12.9. The van der Waals surface area contributed by atoms with E-state index in [1.807, 2.05) is 4.98 Å². The van der Waals surface area contributed by atoms with Crippen molar-refractivity contribution in [2.45, 2.75) is 19.4 Å². The van der Waals surface area contributed by atoms with Crippen molar-refractivity contribution >= 4 is 11.6 Å². The molecule has 0 spiro atoms. The minimum absolute atomic E-state index is 0.170. The van der Waals surface area contributed by atoms with Gasteiger partial charge in [0.25, 0.3) is 11.1 Å². The first-order valence-corrected chi connectivity index (χ1v) is 6.81. The molecular weight excluding hydrogens is 283 g/mol. The molecule has 0 aliphatic rings. The van der Waals surface area contributed by atoms with Gasteiger partial charge in [0, 0.05) is 18.6 Å². The monoisotopic (exact) mass is 296 g/mol. The standard InChI is InChI=1S/C14H14ClFN2O2/c15-7-1-2-8-18-9-3-4-11(14(18)20)10-5-6-12(16)17-13(10)19/h3-6,9H,1-2,7-8H2,(H,17,19). The summed E-state index contributed by atoms with van der Waals surface area (Å²) < 4.78 is 14.4. The van der Waals surface area contributed by atoms with E-state index in [1.165, 1.54) is 10.6 Å². The lowest BCUT2D eigenvalue weighted by Crippen LogP contribution is -2.23. The minimum atomic E-state index is -0.725. The molecule has 2 heterocycles. The number of unbranched alkanes of at least 4 members (excludes halogenated alkanes) is 1. The molecule has 2 rings (SSSR count). The van der Waals surface area contributed by atoms with E-state index in [2.05, 4.69) is 0 Å². The summed E-state index contributed by atoms with van der Waals surface area (Å²) in [5, 5.41) is 0. The maximum Gasteiger partial charge on any atom is 0.258 e. The van der Waals surface area contributed by atoms with E-state index in [0.717, 1.165) is 18.9 Å². The molecule has 0 aliphatic carbocycles. The molecule has 2 aromatic rings. The van der Waals surface area contributed by atoms with Crippen molar-refractivity contribution < 1.29 is 4.39 Å². The number of alkyl halides is 1. The van der Waals surface area contributed by atoms with Gasteiger partial charge >= 0.3 is 0 Å². The van der Waals surface area contributed by atoms with E-state index in [-0.39, 0.29) is 16.7 Å². The van der Waals surface area contributed by atoms with E-state index in [1.54, 1.807) is 18.3 Å². The van der Waals surface area contributed by atoms with Crippen LogP contribution in [0.3, 0.4) is 0 Å². The summed E-state index contributed by atoms with van der Waals surface area (Å²) in [6.07, 6.45) is 3.26. The van der Waals surface area contributed by atoms with Crippen LogP contribution in [0.15, 0.2) is 40.1 Å². The van der Waals surface area contributed by atoms with Crippen LogP contribution < -0.4 is 11.1 Å². The molecule has 4 nitrogen and oxygen atoms in total. The molecule has 0 unspecified atom stereocenters. The summed E-state index contributed by atoms with van der Waals surface area (Å²) in [5.74, 6) is -0.177. The number of hydrogen-bond acceptors (Lipinski definition) is 2. The van der Waals surface area contributed by atoms with Crippen LogP contribution in [0.5, 0.6) is 0 Å². The van der Waals surface area contributed by atoms with Gasteiger partial charge in [0.05, 0.1) is 11.1 Å². The number of aromatic amines is 1. The van der Waals surface area contributed by atoms with Crippen LogP contribution in [-0.2, 0) is 6.54 Å². The maximum atomic E-state index is 12.9. The summed E-state index contributed by atoms with van der Waals surface area (Å²) in [6.45, 7) is 0.540. The van der Waals surface area contributed by atoms with Crippen LogP contribution in [0.4, 0.5) is 4.39 Å². The first-order chi connectivity index (χ1) is 9.63. The van der Waals surface area contributed by atoms with Crippen molar-refractivity contribution in [3.05, 3.63) is 57.1 Å². The van der Waals surface area contributed by atoms with Gasteiger partial charge in [-0.1, -0.05) is 0 Å². The van der Waals surface area contributed by atoms with Gasteiger partial charge in [0.2, 0.25) is 0 Å². The summed E-state index contributed by atoms with van der Waals surface area (Å²) in [7, 11) is 0. The fourth-order valence-electron chi connectivity index (χ4n) is 1.96. The number of rotatable bonds is 5. The number of nitrogens with one attached hydrogen (secondary N) is 1. The Balaban J connectivity index is 2.40.